The molecule has 1 aromatic carbocycles. The van der Waals surface area contributed by atoms with Gasteiger partial charge in [-0.1, -0.05) is 48.9 Å². The fourth-order valence-electron chi connectivity index (χ4n) is 4.05. The largest absolute Gasteiger partial charge is 0.352 e. The molecular weight excluding hydrogens is 490 g/mol. The summed E-state index contributed by atoms with van der Waals surface area (Å²) in [5.74, 6) is 2.94. The van der Waals surface area contributed by atoms with Crippen molar-refractivity contribution in [2.45, 2.75) is 19.8 Å². The molecule has 1 aliphatic heterocycles. The summed E-state index contributed by atoms with van der Waals surface area (Å²) in [6, 6.07) is 13.1. The van der Waals surface area contributed by atoms with Crippen LogP contribution in [0.2, 0.25) is 5.15 Å². The van der Waals surface area contributed by atoms with Gasteiger partial charge in [0.25, 0.3) is 0 Å². The second-order valence-electron chi connectivity index (χ2n) is 8.54. The lowest BCUT2D eigenvalue weighted by Gasteiger charge is -2.35. The topological polar surface area (TPSA) is 113 Å². The molecule has 1 aliphatic rings. The van der Waals surface area contributed by atoms with Crippen molar-refractivity contribution in [3.05, 3.63) is 83.2 Å². The average molecular weight is 516 g/mol. The number of hydrogen-bond donors (Lipinski definition) is 1. The van der Waals surface area contributed by atoms with Crippen LogP contribution in [0.15, 0.2) is 61.1 Å². The maximum atomic E-state index is 12.8. The predicted molar refractivity (Wildman–Crippen MR) is 143 cm³/mol. The number of nitrogens with one attached hydrogen (secondary N) is 1. The number of pyridine rings is 1. The van der Waals surface area contributed by atoms with Gasteiger partial charge in [-0.3, -0.25) is 9.78 Å². The number of halogens is 1. The van der Waals surface area contributed by atoms with E-state index in [0.29, 0.717) is 60.2 Å². The molecule has 3 aromatic heterocycles. The number of aryl methyl sites for hydroxylation is 1. The molecule has 4 heterocycles. The quantitative estimate of drug-likeness (QED) is 0.348. The summed E-state index contributed by atoms with van der Waals surface area (Å²) in [5.41, 5.74) is 1.54. The van der Waals surface area contributed by atoms with E-state index in [2.05, 4.69) is 45.0 Å². The minimum absolute atomic E-state index is 0.0181. The van der Waals surface area contributed by atoms with Crippen molar-refractivity contribution in [3.8, 4) is 0 Å². The van der Waals surface area contributed by atoms with E-state index in [-0.39, 0.29) is 5.78 Å². The molecule has 11 heteroatoms. The van der Waals surface area contributed by atoms with Crippen LogP contribution in [0.5, 0.6) is 0 Å². The zero-order valence-electron chi connectivity index (χ0n) is 20.4. The van der Waals surface area contributed by atoms with Gasteiger partial charge in [-0.2, -0.15) is 15.0 Å². The van der Waals surface area contributed by atoms with Gasteiger partial charge in [-0.05, 0) is 17.7 Å². The summed E-state index contributed by atoms with van der Waals surface area (Å²) >= 11 is 6.00. The summed E-state index contributed by atoms with van der Waals surface area (Å²) in [6.07, 6.45) is 5.84. The van der Waals surface area contributed by atoms with E-state index in [0.717, 1.165) is 24.5 Å². The van der Waals surface area contributed by atoms with Crippen LogP contribution in [-0.2, 0) is 12.8 Å². The molecule has 0 spiro atoms. The van der Waals surface area contributed by atoms with Gasteiger partial charge < -0.3 is 15.1 Å². The molecule has 4 aromatic rings. The van der Waals surface area contributed by atoms with Gasteiger partial charge >= 0.3 is 0 Å². The lowest BCUT2D eigenvalue weighted by molar-refractivity contribution is 0.0993. The van der Waals surface area contributed by atoms with E-state index < -0.39 is 0 Å². The Kier molecular flexibility index (Phi) is 7.46. The predicted octanol–water partition coefficient (Wildman–Crippen LogP) is 3.77. The van der Waals surface area contributed by atoms with Crippen LogP contribution in [-0.4, -0.2) is 61.9 Å². The van der Waals surface area contributed by atoms with E-state index in [1.54, 1.807) is 24.5 Å². The highest BCUT2D eigenvalue weighted by Gasteiger charge is 2.22. The highest BCUT2D eigenvalue weighted by molar-refractivity contribution is 6.29. The molecule has 0 bridgehead atoms. The third-order valence-electron chi connectivity index (χ3n) is 5.99. The molecule has 5 rings (SSSR count). The van der Waals surface area contributed by atoms with Crippen molar-refractivity contribution in [1.29, 1.82) is 0 Å². The second kappa shape index (κ2) is 11.3. The molecule has 0 radical (unpaired) electrons. The SMILES string of the molecule is CCc1nc(Nc2cc(C(=O)Cc3ccccc3)ccn2)nc(N2CCN(c3cncc(Cl)n3)CC2)n1. The van der Waals surface area contributed by atoms with Crippen LogP contribution < -0.4 is 15.1 Å². The van der Waals surface area contributed by atoms with Crippen molar-refractivity contribution >= 4 is 40.9 Å². The van der Waals surface area contributed by atoms with Gasteiger partial charge in [0.2, 0.25) is 11.9 Å². The van der Waals surface area contributed by atoms with Crippen LogP contribution >= 0.6 is 11.6 Å². The number of piperazine rings is 1. The van der Waals surface area contributed by atoms with E-state index in [1.807, 2.05) is 37.3 Å². The van der Waals surface area contributed by atoms with Crippen molar-refractivity contribution in [2.75, 3.05) is 41.3 Å². The smallest absolute Gasteiger partial charge is 0.233 e. The number of ketones is 1. The first kappa shape index (κ1) is 24.5. The van der Waals surface area contributed by atoms with Gasteiger partial charge in [0.1, 0.15) is 22.6 Å². The summed E-state index contributed by atoms with van der Waals surface area (Å²) in [7, 11) is 0. The Bertz CT molecular complexity index is 1380. The van der Waals surface area contributed by atoms with Gasteiger partial charge in [-0.25, -0.2) is 9.97 Å². The molecule has 1 fully saturated rings. The van der Waals surface area contributed by atoms with Crippen molar-refractivity contribution in [1.82, 2.24) is 29.9 Å². The zero-order chi connectivity index (χ0) is 25.6. The third kappa shape index (κ3) is 6.15. The lowest BCUT2D eigenvalue weighted by Crippen LogP contribution is -2.47. The van der Waals surface area contributed by atoms with Crippen molar-refractivity contribution in [2.24, 2.45) is 0 Å². The van der Waals surface area contributed by atoms with Crippen molar-refractivity contribution in [3.63, 3.8) is 0 Å². The minimum atomic E-state index is 0.0181. The monoisotopic (exact) mass is 515 g/mol. The molecule has 37 heavy (non-hydrogen) atoms. The van der Waals surface area contributed by atoms with Gasteiger partial charge in [0.15, 0.2) is 5.78 Å². The normalized spacial score (nSPS) is 13.5. The molecule has 0 saturated carbocycles. The third-order valence-corrected chi connectivity index (χ3v) is 6.18. The number of hydrogen-bond acceptors (Lipinski definition) is 10. The fourth-order valence-corrected chi connectivity index (χ4v) is 4.20. The first-order chi connectivity index (χ1) is 18.1. The Hall–Kier alpha value is -4.18. The van der Waals surface area contributed by atoms with E-state index in [9.17, 15) is 4.79 Å². The summed E-state index contributed by atoms with van der Waals surface area (Å²) in [6.45, 7) is 4.89. The Morgan fingerprint density at radius 1 is 0.973 bits per heavy atom. The number of Topliss-reactive ketones (excluding diaryl/α,β-unsaturated/α-hetero) is 1. The Labute approximate surface area is 219 Å². The minimum Gasteiger partial charge on any atom is -0.352 e. The van der Waals surface area contributed by atoms with Crippen LogP contribution in [0.3, 0.4) is 0 Å². The first-order valence-electron chi connectivity index (χ1n) is 12.1. The highest BCUT2D eigenvalue weighted by atomic mass is 35.5. The van der Waals surface area contributed by atoms with E-state index >= 15 is 0 Å². The number of nitrogens with zero attached hydrogens (tertiary/aromatic N) is 8. The van der Waals surface area contributed by atoms with Gasteiger partial charge in [0.05, 0.1) is 12.4 Å². The summed E-state index contributed by atoms with van der Waals surface area (Å²) < 4.78 is 0. The average Bonchev–Trinajstić information content (AvgIpc) is 2.93. The molecule has 0 aliphatic carbocycles. The second-order valence-corrected chi connectivity index (χ2v) is 8.93. The Morgan fingerprint density at radius 3 is 2.51 bits per heavy atom. The summed E-state index contributed by atoms with van der Waals surface area (Å²) in [4.78, 5) is 43.7. The maximum absolute atomic E-state index is 12.8. The Balaban J connectivity index is 1.29. The zero-order valence-corrected chi connectivity index (χ0v) is 21.1. The highest BCUT2D eigenvalue weighted by Crippen LogP contribution is 2.20. The molecule has 188 valence electrons. The molecular formula is C26H26ClN9O. The van der Waals surface area contributed by atoms with Crippen LogP contribution in [0.4, 0.5) is 23.5 Å². The van der Waals surface area contributed by atoms with Crippen LogP contribution in [0.25, 0.3) is 0 Å². The van der Waals surface area contributed by atoms with Gasteiger partial charge in [-0.15, -0.1) is 0 Å². The number of rotatable bonds is 8. The standard InChI is InChI=1S/C26H26ClN9O/c1-2-22-31-25(32-23-15-19(8-9-29-23)20(37)14-18-6-4-3-5-7-18)34-26(33-22)36-12-10-35(11-13-36)24-17-28-16-21(27)30-24/h3-9,15-17H,2,10-14H2,1H3,(H,29,31,32,33,34). The fraction of sp³-hybridized carbons (Fsp3) is 0.269. The number of carbonyl (C=O) groups excluding carboxylic acids is 1. The van der Waals surface area contributed by atoms with Crippen LogP contribution in [0, 0.1) is 0 Å². The van der Waals surface area contributed by atoms with E-state index in [4.69, 9.17) is 11.6 Å². The Morgan fingerprint density at radius 2 is 1.76 bits per heavy atom. The maximum Gasteiger partial charge on any atom is 0.233 e. The molecule has 0 unspecified atom stereocenters. The van der Waals surface area contributed by atoms with Crippen molar-refractivity contribution < 1.29 is 4.79 Å². The molecule has 0 amide bonds. The van der Waals surface area contributed by atoms with Gasteiger partial charge in [0, 0.05) is 50.8 Å². The lowest BCUT2D eigenvalue weighted by atomic mass is 10.0. The molecule has 0 atom stereocenters. The summed E-state index contributed by atoms with van der Waals surface area (Å²) in [5, 5.41) is 3.54. The van der Waals surface area contributed by atoms with E-state index in [1.165, 1.54) is 6.20 Å². The first-order valence-corrected chi connectivity index (χ1v) is 12.5. The molecule has 1 N–H and O–H groups in total. The number of benzene rings is 1. The van der Waals surface area contributed by atoms with Crippen LogP contribution in [0.1, 0.15) is 28.7 Å². The molecule has 10 nitrogen and oxygen atoms in total. The number of aromatic nitrogens is 6. The number of carbonyl (C=O) groups is 1. The molecule has 1 saturated heterocycles. The number of anilines is 4.